The number of aliphatic carboxylic acids is 1. The van der Waals surface area contributed by atoms with Crippen molar-refractivity contribution in [1.82, 2.24) is 9.97 Å². The van der Waals surface area contributed by atoms with Crippen molar-refractivity contribution >= 4 is 28.2 Å². The van der Waals surface area contributed by atoms with Gasteiger partial charge in [0.2, 0.25) is 0 Å². The first-order valence-corrected chi connectivity index (χ1v) is 8.93. The molecule has 7 heteroatoms. The molecule has 0 amide bonds. The molecule has 0 aliphatic rings. The number of carbonyl (C=O) groups is 1. The van der Waals surface area contributed by atoms with Gasteiger partial charge in [0.1, 0.15) is 6.04 Å². The molecular weight excluding hydrogens is 541 g/mol. The van der Waals surface area contributed by atoms with Crippen LogP contribution in [0.1, 0.15) is 5.56 Å². The fourth-order valence-electron chi connectivity index (χ4n) is 2.50. The van der Waals surface area contributed by atoms with E-state index in [1.54, 1.807) is 17.5 Å². The second kappa shape index (κ2) is 10.2. The molecule has 0 radical (unpaired) electrons. The third-order valence-corrected chi connectivity index (χ3v) is 4.63. The number of nitrogens with two attached hydrogens (primary N) is 1. The van der Waals surface area contributed by atoms with Crippen LogP contribution in [-0.4, -0.2) is 27.1 Å². The van der Waals surface area contributed by atoms with Crippen LogP contribution < -0.4 is 5.73 Å². The molecule has 0 bridgehead atoms. The van der Waals surface area contributed by atoms with Gasteiger partial charge in [-0.25, -0.2) is 11.3 Å². The third kappa shape index (κ3) is 5.60. The average Bonchev–Trinajstić information content (AvgIpc) is 3.34. The van der Waals surface area contributed by atoms with E-state index >= 15 is 0 Å². The van der Waals surface area contributed by atoms with Crippen molar-refractivity contribution in [2.75, 3.05) is 0 Å². The quantitative estimate of drug-likeness (QED) is 0.333. The summed E-state index contributed by atoms with van der Waals surface area (Å²) < 4.78 is 0. The molecule has 5 nitrogen and oxygen atoms in total. The maximum absolute atomic E-state index is 10.6. The van der Waals surface area contributed by atoms with Gasteiger partial charge in [0.25, 0.3) is 0 Å². The minimum absolute atomic E-state index is 0. The van der Waals surface area contributed by atoms with E-state index in [9.17, 15) is 4.79 Å². The van der Waals surface area contributed by atoms with E-state index in [4.69, 9.17) is 10.8 Å². The molecule has 3 aromatic heterocycles. The second-order valence-electron chi connectivity index (χ2n) is 5.62. The summed E-state index contributed by atoms with van der Waals surface area (Å²) in [5.74, 6) is -0.972. The van der Waals surface area contributed by atoms with Crippen molar-refractivity contribution < 1.29 is 31.0 Å². The number of carboxylic acid groups (broad SMARTS) is 1. The van der Waals surface area contributed by atoms with Crippen molar-refractivity contribution in [3.8, 4) is 10.6 Å². The molecule has 0 saturated carbocycles. The number of nitrogens with zero attached hydrogens (tertiary/aromatic N) is 1. The van der Waals surface area contributed by atoms with Crippen LogP contribution in [0.5, 0.6) is 0 Å². The number of nitrogens with one attached hydrogen (secondary N) is 1. The van der Waals surface area contributed by atoms with E-state index < -0.39 is 12.0 Å². The second-order valence-corrected chi connectivity index (χ2v) is 6.53. The van der Waals surface area contributed by atoms with E-state index in [2.05, 4.69) is 16.0 Å². The number of hydrogen-bond acceptors (Lipinski definition) is 4. The largest absolute Gasteiger partial charge is 0.480 e. The molecule has 0 unspecified atom stereocenters. The van der Waals surface area contributed by atoms with Gasteiger partial charge >= 0.3 is 5.97 Å². The summed E-state index contributed by atoms with van der Waals surface area (Å²) in [7, 11) is 0. The number of thiophene rings is 1. The first-order valence-electron chi connectivity index (χ1n) is 8.05. The Morgan fingerprint density at radius 3 is 2.70 bits per heavy atom. The number of aromatic amines is 1. The van der Waals surface area contributed by atoms with Crippen LogP contribution in [0.25, 0.3) is 21.5 Å². The standard InChI is InChI=1S/C11H12N2O2.C9H6NS.Pt/c12-9(11(14)15)5-7-6-13-10-4-2-1-3-8(7)10;1-2-6-10-8(4-1)9-5-3-7-11-9;/h1-4,6,9,13H,5,12H2,(H,14,15);1-4,6-7H;/q;-1;/t9-;;/m0../s1. The van der Waals surface area contributed by atoms with E-state index in [-0.39, 0.29) is 21.1 Å². The molecule has 1 aromatic carbocycles. The predicted molar refractivity (Wildman–Crippen MR) is 104 cm³/mol. The molecule has 0 fully saturated rings. The first-order chi connectivity index (χ1) is 12.6. The van der Waals surface area contributed by atoms with E-state index in [0.717, 1.165) is 27.0 Å². The maximum atomic E-state index is 10.6. The molecule has 1 atom stereocenters. The molecule has 4 rings (SSSR count). The summed E-state index contributed by atoms with van der Waals surface area (Å²) in [4.78, 5) is 19.0. The maximum Gasteiger partial charge on any atom is 0.320 e. The van der Waals surface area contributed by atoms with Gasteiger partial charge in [-0.2, -0.15) is 12.1 Å². The van der Waals surface area contributed by atoms with Crippen LogP contribution in [0.3, 0.4) is 0 Å². The molecule has 3 heterocycles. The Bertz CT molecular complexity index is 971. The Morgan fingerprint density at radius 2 is 2.04 bits per heavy atom. The van der Waals surface area contributed by atoms with Gasteiger partial charge < -0.3 is 20.8 Å². The van der Waals surface area contributed by atoms with Crippen LogP contribution in [0.4, 0.5) is 0 Å². The Labute approximate surface area is 175 Å². The minimum Gasteiger partial charge on any atom is -0.480 e. The molecule has 0 spiro atoms. The van der Waals surface area contributed by atoms with Crippen LogP contribution in [-0.2, 0) is 32.3 Å². The number of para-hydroxylation sites is 1. The van der Waals surface area contributed by atoms with Gasteiger partial charge in [-0.1, -0.05) is 35.2 Å². The number of benzene rings is 1. The zero-order chi connectivity index (χ0) is 18.4. The smallest absolute Gasteiger partial charge is 0.320 e. The molecular formula is C20H18N3O2PtS-. The van der Waals surface area contributed by atoms with Gasteiger partial charge in [-0.3, -0.25) is 4.79 Å². The Morgan fingerprint density at radius 1 is 1.26 bits per heavy atom. The average molecular weight is 560 g/mol. The first kappa shape index (κ1) is 21.0. The number of rotatable bonds is 4. The van der Waals surface area contributed by atoms with E-state index in [0.29, 0.717) is 6.42 Å². The molecule has 27 heavy (non-hydrogen) atoms. The number of H-pyrrole nitrogens is 1. The Hall–Kier alpha value is -2.27. The van der Waals surface area contributed by atoms with Gasteiger partial charge in [0, 0.05) is 50.8 Å². The number of hydrogen-bond donors (Lipinski definition) is 3. The number of carboxylic acids is 1. The van der Waals surface area contributed by atoms with Gasteiger partial charge in [-0.15, -0.1) is 5.38 Å². The summed E-state index contributed by atoms with van der Waals surface area (Å²) >= 11 is 1.66. The van der Waals surface area contributed by atoms with Crippen molar-refractivity contribution in [3.05, 3.63) is 77.9 Å². The normalized spacial score (nSPS) is 11.1. The summed E-state index contributed by atoms with van der Waals surface area (Å²) in [6, 6.07) is 17.8. The summed E-state index contributed by atoms with van der Waals surface area (Å²) in [6.45, 7) is 0. The molecule has 142 valence electrons. The summed E-state index contributed by atoms with van der Waals surface area (Å²) in [5.41, 5.74) is 8.44. The van der Waals surface area contributed by atoms with Crippen LogP contribution in [0, 0.1) is 6.07 Å². The minimum atomic E-state index is -0.972. The van der Waals surface area contributed by atoms with E-state index in [1.165, 1.54) is 0 Å². The summed E-state index contributed by atoms with van der Waals surface area (Å²) in [6.07, 6.45) is 3.95. The number of aromatic nitrogens is 2. The topological polar surface area (TPSA) is 92.0 Å². The van der Waals surface area contributed by atoms with Gasteiger partial charge in [0.15, 0.2) is 0 Å². The fourth-order valence-corrected chi connectivity index (χ4v) is 3.15. The zero-order valence-corrected chi connectivity index (χ0v) is 17.3. The Balaban J connectivity index is 0.000000194. The van der Waals surface area contributed by atoms with Crippen molar-refractivity contribution in [3.63, 3.8) is 0 Å². The van der Waals surface area contributed by atoms with Crippen LogP contribution in [0.15, 0.2) is 66.3 Å². The van der Waals surface area contributed by atoms with E-state index in [1.807, 2.05) is 60.1 Å². The van der Waals surface area contributed by atoms with Gasteiger partial charge in [0.05, 0.1) is 0 Å². The molecule has 0 aliphatic carbocycles. The molecule has 0 saturated heterocycles. The number of fused-ring (bicyclic) bond motifs is 1. The van der Waals surface area contributed by atoms with Crippen molar-refractivity contribution in [2.45, 2.75) is 12.5 Å². The molecule has 4 aromatic rings. The SMILES string of the molecule is N[C@@H](Cc1c[nH]c2ccccc12)C(=O)O.[Pt].[c-]1ccsc1-c1ccccn1. The molecule has 4 N–H and O–H groups in total. The van der Waals surface area contributed by atoms with Crippen LogP contribution >= 0.6 is 11.3 Å². The summed E-state index contributed by atoms with van der Waals surface area (Å²) in [5, 5.41) is 11.8. The van der Waals surface area contributed by atoms with Crippen LogP contribution in [0.2, 0.25) is 0 Å². The number of pyridine rings is 1. The van der Waals surface area contributed by atoms with Crippen molar-refractivity contribution in [1.29, 1.82) is 0 Å². The monoisotopic (exact) mass is 559 g/mol. The third-order valence-electron chi connectivity index (χ3n) is 3.80. The fraction of sp³-hybridized carbons (Fsp3) is 0.100. The Kier molecular flexibility index (Phi) is 7.92. The predicted octanol–water partition coefficient (Wildman–Crippen LogP) is 3.73. The molecule has 0 aliphatic heterocycles. The zero-order valence-electron chi connectivity index (χ0n) is 14.2. The van der Waals surface area contributed by atoms with Gasteiger partial charge in [-0.05, 0) is 23.4 Å². The van der Waals surface area contributed by atoms with Crippen molar-refractivity contribution in [2.24, 2.45) is 5.73 Å².